The van der Waals surface area contributed by atoms with E-state index in [1.807, 2.05) is 4.90 Å². The second-order valence-corrected chi connectivity index (χ2v) is 8.98. The van der Waals surface area contributed by atoms with Crippen LogP contribution < -0.4 is 10.2 Å². The van der Waals surface area contributed by atoms with E-state index in [1.165, 1.54) is 10.4 Å². The number of amides is 1. The molecule has 7 nitrogen and oxygen atoms in total. The SMILES string of the molecule is C#Cc1cccc(NC(=O)c2cc(S(=O)(=O)N(CC)CC)ccc2N2CCOCC2)c1. The van der Waals surface area contributed by atoms with Crippen molar-refractivity contribution in [1.29, 1.82) is 0 Å². The van der Waals surface area contributed by atoms with Crippen molar-refractivity contribution in [2.24, 2.45) is 0 Å². The Morgan fingerprint density at radius 3 is 2.52 bits per heavy atom. The zero-order chi connectivity index (χ0) is 22.4. The molecule has 0 bridgehead atoms. The number of benzene rings is 2. The number of carbonyl (C=O) groups excluding carboxylic acids is 1. The van der Waals surface area contributed by atoms with Gasteiger partial charge in [-0.15, -0.1) is 6.42 Å². The van der Waals surface area contributed by atoms with Gasteiger partial charge in [0, 0.05) is 43.1 Å². The highest BCUT2D eigenvalue weighted by atomic mass is 32.2. The minimum absolute atomic E-state index is 0.0933. The first kappa shape index (κ1) is 22.8. The zero-order valence-electron chi connectivity index (χ0n) is 17.8. The molecule has 0 aliphatic carbocycles. The fraction of sp³-hybridized carbons (Fsp3) is 0.348. The number of carbonyl (C=O) groups is 1. The molecular weight excluding hydrogens is 414 g/mol. The number of terminal acetylenes is 1. The lowest BCUT2D eigenvalue weighted by Gasteiger charge is -2.30. The standard InChI is InChI=1S/C23H27N3O4S/c1-4-18-8-7-9-19(16-18)24-23(27)21-17-20(31(28,29)26(5-2)6-3)10-11-22(21)25-12-14-30-15-13-25/h1,7-11,16-17H,5-6,12-15H2,2-3H3,(H,24,27). The fourth-order valence-corrected chi connectivity index (χ4v) is 5.02. The van der Waals surface area contributed by atoms with Gasteiger partial charge in [-0.1, -0.05) is 25.8 Å². The van der Waals surface area contributed by atoms with Crippen LogP contribution in [-0.2, 0) is 14.8 Å². The van der Waals surface area contributed by atoms with Gasteiger partial charge in [0.2, 0.25) is 10.0 Å². The third kappa shape index (κ3) is 5.07. The summed E-state index contributed by atoms with van der Waals surface area (Å²) < 4.78 is 32.9. The van der Waals surface area contributed by atoms with Crippen molar-refractivity contribution in [3.63, 3.8) is 0 Å². The van der Waals surface area contributed by atoms with E-state index < -0.39 is 15.9 Å². The molecule has 1 saturated heterocycles. The van der Waals surface area contributed by atoms with Crippen LogP contribution in [0, 0.1) is 12.3 Å². The van der Waals surface area contributed by atoms with Gasteiger partial charge < -0.3 is 15.0 Å². The summed E-state index contributed by atoms with van der Waals surface area (Å²) in [6, 6.07) is 11.7. The summed E-state index contributed by atoms with van der Waals surface area (Å²) in [6.07, 6.45) is 5.45. The summed E-state index contributed by atoms with van der Waals surface area (Å²) in [5.74, 6) is 2.14. The predicted molar refractivity (Wildman–Crippen MR) is 122 cm³/mol. The number of hydrogen-bond acceptors (Lipinski definition) is 5. The van der Waals surface area contributed by atoms with Gasteiger partial charge in [-0.2, -0.15) is 4.31 Å². The number of hydrogen-bond donors (Lipinski definition) is 1. The minimum atomic E-state index is -3.70. The molecule has 0 unspecified atom stereocenters. The second-order valence-electron chi connectivity index (χ2n) is 7.05. The van der Waals surface area contributed by atoms with Crippen LogP contribution in [0.1, 0.15) is 29.8 Å². The Morgan fingerprint density at radius 2 is 1.87 bits per heavy atom. The topological polar surface area (TPSA) is 79.0 Å². The molecule has 1 aliphatic heterocycles. The van der Waals surface area contributed by atoms with Crippen molar-refractivity contribution in [3.8, 4) is 12.3 Å². The molecule has 0 aromatic heterocycles. The van der Waals surface area contributed by atoms with Crippen LogP contribution in [0.25, 0.3) is 0 Å². The maximum atomic E-state index is 13.2. The van der Waals surface area contributed by atoms with Crippen LogP contribution in [0.2, 0.25) is 0 Å². The lowest BCUT2D eigenvalue weighted by atomic mass is 10.1. The van der Waals surface area contributed by atoms with E-state index in [-0.39, 0.29) is 4.90 Å². The minimum Gasteiger partial charge on any atom is -0.378 e. The first-order chi connectivity index (χ1) is 14.9. The molecule has 164 valence electrons. The summed E-state index contributed by atoms with van der Waals surface area (Å²) in [4.78, 5) is 15.4. The first-order valence-electron chi connectivity index (χ1n) is 10.3. The average molecular weight is 442 g/mol. The summed E-state index contributed by atoms with van der Waals surface area (Å²) in [7, 11) is -3.70. The van der Waals surface area contributed by atoms with Crippen LogP contribution >= 0.6 is 0 Å². The van der Waals surface area contributed by atoms with Crippen LogP contribution in [0.5, 0.6) is 0 Å². The molecule has 0 saturated carbocycles. The third-order valence-corrected chi connectivity index (χ3v) is 7.24. The van der Waals surface area contributed by atoms with Gasteiger partial charge in [-0.3, -0.25) is 4.79 Å². The molecule has 1 amide bonds. The Morgan fingerprint density at radius 1 is 1.16 bits per heavy atom. The van der Waals surface area contributed by atoms with Crippen molar-refractivity contribution in [1.82, 2.24) is 4.31 Å². The molecule has 1 heterocycles. The molecule has 3 rings (SSSR count). The maximum absolute atomic E-state index is 13.2. The zero-order valence-corrected chi connectivity index (χ0v) is 18.6. The molecule has 0 spiro atoms. The molecular formula is C23H27N3O4S. The highest BCUT2D eigenvalue weighted by Crippen LogP contribution is 2.28. The van der Waals surface area contributed by atoms with E-state index >= 15 is 0 Å². The monoisotopic (exact) mass is 441 g/mol. The predicted octanol–water partition coefficient (Wildman–Crippen LogP) is 2.79. The van der Waals surface area contributed by atoms with Gasteiger partial charge in [-0.05, 0) is 36.4 Å². The van der Waals surface area contributed by atoms with Crippen LogP contribution in [-0.4, -0.2) is 58.0 Å². The smallest absolute Gasteiger partial charge is 0.257 e. The maximum Gasteiger partial charge on any atom is 0.257 e. The Bertz CT molecular complexity index is 1080. The van der Waals surface area contributed by atoms with Crippen LogP contribution in [0.4, 0.5) is 11.4 Å². The third-order valence-electron chi connectivity index (χ3n) is 5.19. The normalized spacial score (nSPS) is 14.3. The lowest BCUT2D eigenvalue weighted by molar-refractivity contribution is 0.102. The van der Waals surface area contributed by atoms with E-state index in [4.69, 9.17) is 11.2 Å². The molecule has 0 atom stereocenters. The molecule has 0 radical (unpaired) electrons. The Balaban J connectivity index is 2.03. The van der Waals surface area contributed by atoms with E-state index in [1.54, 1.807) is 50.2 Å². The summed E-state index contributed by atoms with van der Waals surface area (Å²) >= 11 is 0. The Hall–Kier alpha value is -2.86. The van der Waals surface area contributed by atoms with Crippen LogP contribution in [0.15, 0.2) is 47.4 Å². The molecule has 1 N–H and O–H groups in total. The van der Waals surface area contributed by atoms with E-state index in [9.17, 15) is 13.2 Å². The number of anilines is 2. The second kappa shape index (κ2) is 9.96. The van der Waals surface area contributed by atoms with Crippen molar-refractivity contribution >= 4 is 27.3 Å². The number of morpholine rings is 1. The van der Waals surface area contributed by atoms with E-state index in [0.717, 1.165) is 0 Å². The van der Waals surface area contributed by atoms with Gasteiger partial charge in [0.25, 0.3) is 5.91 Å². The molecule has 31 heavy (non-hydrogen) atoms. The van der Waals surface area contributed by atoms with Crippen molar-refractivity contribution < 1.29 is 17.9 Å². The van der Waals surface area contributed by atoms with Gasteiger partial charge in [0.15, 0.2) is 0 Å². The van der Waals surface area contributed by atoms with E-state index in [2.05, 4.69) is 11.2 Å². The summed E-state index contributed by atoms with van der Waals surface area (Å²) in [5, 5.41) is 2.85. The molecule has 2 aromatic carbocycles. The van der Waals surface area contributed by atoms with Crippen molar-refractivity contribution in [2.75, 3.05) is 49.6 Å². The van der Waals surface area contributed by atoms with Gasteiger partial charge in [-0.25, -0.2) is 8.42 Å². The summed E-state index contributed by atoms with van der Waals surface area (Å²) in [6.45, 7) is 6.61. The molecule has 8 heteroatoms. The summed E-state index contributed by atoms with van der Waals surface area (Å²) in [5.41, 5.74) is 2.16. The van der Waals surface area contributed by atoms with E-state index in [0.29, 0.717) is 61.9 Å². The Labute approximate surface area is 184 Å². The van der Waals surface area contributed by atoms with Crippen molar-refractivity contribution in [3.05, 3.63) is 53.6 Å². The molecule has 1 fully saturated rings. The fourth-order valence-electron chi connectivity index (χ4n) is 3.54. The largest absolute Gasteiger partial charge is 0.378 e. The highest BCUT2D eigenvalue weighted by Gasteiger charge is 2.26. The van der Waals surface area contributed by atoms with Gasteiger partial charge in [0.05, 0.1) is 23.7 Å². The number of rotatable bonds is 7. The number of nitrogens with zero attached hydrogens (tertiary/aromatic N) is 2. The van der Waals surface area contributed by atoms with Crippen molar-refractivity contribution in [2.45, 2.75) is 18.7 Å². The van der Waals surface area contributed by atoms with Gasteiger partial charge >= 0.3 is 0 Å². The molecule has 2 aromatic rings. The lowest BCUT2D eigenvalue weighted by Crippen LogP contribution is -2.37. The van der Waals surface area contributed by atoms with Crippen LogP contribution in [0.3, 0.4) is 0 Å². The molecule has 1 aliphatic rings. The number of nitrogens with one attached hydrogen (secondary N) is 1. The Kier molecular flexibility index (Phi) is 7.33. The average Bonchev–Trinajstić information content (AvgIpc) is 2.80. The number of ether oxygens (including phenoxy) is 1. The number of sulfonamides is 1. The first-order valence-corrected chi connectivity index (χ1v) is 11.7. The quantitative estimate of drug-likeness (QED) is 0.669. The highest BCUT2D eigenvalue weighted by molar-refractivity contribution is 7.89. The van der Waals surface area contributed by atoms with Gasteiger partial charge in [0.1, 0.15) is 0 Å².